The largest absolute Gasteiger partial charge is 0.464 e. The summed E-state index contributed by atoms with van der Waals surface area (Å²) in [5, 5.41) is 2.79. The van der Waals surface area contributed by atoms with E-state index in [-0.39, 0.29) is 30.9 Å². The van der Waals surface area contributed by atoms with Crippen molar-refractivity contribution in [1.29, 1.82) is 0 Å². The first-order valence-electron chi connectivity index (χ1n) is 10.2. The summed E-state index contributed by atoms with van der Waals surface area (Å²) in [4.78, 5) is 23.0. The quantitative estimate of drug-likeness (QED) is 0.348. The van der Waals surface area contributed by atoms with Crippen molar-refractivity contribution >= 4 is 42.3 Å². The molecule has 0 aliphatic carbocycles. The third-order valence-corrected chi connectivity index (χ3v) is 7.46. The smallest absolute Gasteiger partial charge is 0.406 e. The van der Waals surface area contributed by atoms with Crippen LogP contribution in [0.25, 0.3) is 11.2 Å². The Morgan fingerprint density at radius 1 is 1.44 bits per heavy atom. The van der Waals surface area contributed by atoms with Gasteiger partial charge in [0.25, 0.3) is 0 Å². The molecule has 4 rings (SSSR count). The van der Waals surface area contributed by atoms with Crippen molar-refractivity contribution < 1.29 is 27.9 Å². The van der Waals surface area contributed by atoms with Crippen LogP contribution in [0, 0.1) is 5.92 Å². The fourth-order valence-electron chi connectivity index (χ4n) is 3.65. The zero-order valence-electron chi connectivity index (χ0n) is 18.1. The normalized spacial score (nSPS) is 33.4. The fourth-order valence-corrected chi connectivity index (χ4v) is 5.86. The number of carbonyl (C=O) groups is 1. The van der Waals surface area contributed by atoms with E-state index < -0.39 is 37.1 Å². The standard InChI is InChI=1S/C18H26ClN6O6P/c1-9(2)16(26)28-5-10(3)24-32(27)29-6-11-13(31-32)18(4,19)17(30-11)25-8-23-12-14(20)21-7-22-15(12)25/h7-11,13,17H,5-6H2,1-4H3,(H,24,27)(H2,20,21,22)/t10-,11+,13+,17+,18+,32-/m0/s1. The Balaban J connectivity index is 1.49. The minimum Gasteiger partial charge on any atom is -0.464 e. The van der Waals surface area contributed by atoms with Crippen LogP contribution in [0.3, 0.4) is 0 Å². The van der Waals surface area contributed by atoms with Crippen LogP contribution in [0.15, 0.2) is 12.7 Å². The van der Waals surface area contributed by atoms with Gasteiger partial charge < -0.3 is 15.2 Å². The van der Waals surface area contributed by atoms with Gasteiger partial charge in [-0.3, -0.25) is 18.4 Å². The molecule has 2 saturated heterocycles. The second-order valence-electron chi connectivity index (χ2n) is 8.40. The van der Waals surface area contributed by atoms with Crippen molar-refractivity contribution in [1.82, 2.24) is 24.6 Å². The second-order valence-corrected chi connectivity index (χ2v) is 10.9. The lowest BCUT2D eigenvalue weighted by Crippen LogP contribution is -2.46. The predicted molar refractivity (Wildman–Crippen MR) is 115 cm³/mol. The summed E-state index contributed by atoms with van der Waals surface area (Å²) >= 11 is 6.89. The van der Waals surface area contributed by atoms with Crippen LogP contribution in [0.5, 0.6) is 0 Å². The zero-order valence-corrected chi connectivity index (χ0v) is 19.7. The Labute approximate surface area is 189 Å². The number of hydrogen-bond acceptors (Lipinski definition) is 10. The summed E-state index contributed by atoms with van der Waals surface area (Å²) in [7, 11) is -3.74. The summed E-state index contributed by atoms with van der Waals surface area (Å²) in [5.74, 6) is -0.369. The van der Waals surface area contributed by atoms with Crippen molar-refractivity contribution in [2.45, 2.75) is 57.0 Å². The highest BCUT2D eigenvalue weighted by molar-refractivity contribution is 7.51. The molecule has 0 bridgehead atoms. The molecule has 12 nitrogen and oxygen atoms in total. The molecule has 14 heteroatoms. The topological polar surface area (TPSA) is 153 Å². The molecule has 3 N–H and O–H groups in total. The maximum atomic E-state index is 13.2. The van der Waals surface area contributed by atoms with Crippen LogP contribution in [0.2, 0.25) is 0 Å². The number of nitrogens with one attached hydrogen (secondary N) is 1. The van der Waals surface area contributed by atoms with Gasteiger partial charge >= 0.3 is 13.7 Å². The summed E-state index contributed by atoms with van der Waals surface area (Å²) in [6, 6.07) is -0.475. The number of imidazole rings is 1. The van der Waals surface area contributed by atoms with E-state index in [9.17, 15) is 9.36 Å². The highest BCUT2D eigenvalue weighted by Crippen LogP contribution is 2.57. The molecule has 6 atom stereocenters. The van der Waals surface area contributed by atoms with Crippen molar-refractivity contribution in [3.63, 3.8) is 0 Å². The maximum Gasteiger partial charge on any atom is 0.406 e. The van der Waals surface area contributed by atoms with Crippen molar-refractivity contribution in [3.8, 4) is 0 Å². The Morgan fingerprint density at radius 2 is 2.19 bits per heavy atom. The van der Waals surface area contributed by atoms with Crippen LogP contribution >= 0.6 is 19.3 Å². The van der Waals surface area contributed by atoms with Gasteiger partial charge in [-0.25, -0.2) is 24.6 Å². The molecule has 0 unspecified atom stereocenters. The molecule has 2 aromatic rings. The van der Waals surface area contributed by atoms with E-state index in [1.54, 1.807) is 32.3 Å². The summed E-state index contributed by atoms with van der Waals surface area (Å²) in [5.41, 5.74) is 6.75. The monoisotopic (exact) mass is 488 g/mol. The van der Waals surface area contributed by atoms with Crippen LogP contribution in [-0.2, 0) is 27.9 Å². The fraction of sp³-hybridized carbons (Fsp3) is 0.667. The number of esters is 1. The van der Waals surface area contributed by atoms with Gasteiger partial charge in [-0.1, -0.05) is 13.8 Å². The first-order chi connectivity index (χ1) is 15.0. The van der Waals surface area contributed by atoms with Gasteiger partial charge in [-0.2, -0.15) is 0 Å². The molecular weight excluding hydrogens is 463 g/mol. The highest BCUT2D eigenvalue weighted by atomic mass is 35.5. The Bertz CT molecular complexity index is 1060. The van der Waals surface area contributed by atoms with Gasteiger partial charge in [0.2, 0.25) is 0 Å². The van der Waals surface area contributed by atoms with Gasteiger partial charge in [-0.05, 0) is 13.8 Å². The third-order valence-electron chi connectivity index (χ3n) is 5.31. The van der Waals surface area contributed by atoms with Crippen molar-refractivity contribution in [2.75, 3.05) is 18.9 Å². The molecule has 0 aromatic carbocycles. The van der Waals surface area contributed by atoms with Gasteiger partial charge in [0.15, 0.2) is 17.7 Å². The number of fused-ring (bicyclic) bond motifs is 2. The lowest BCUT2D eigenvalue weighted by molar-refractivity contribution is -0.147. The molecule has 0 spiro atoms. The van der Waals surface area contributed by atoms with E-state index in [4.69, 9.17) is 35.9 Å². The van der Waals surface area contributed by atoms with Gasteiger partial charge in [-0.15, -0.1) is 11.6 Å². The van der Waals surface area contributed by atoms with Crippen LogP contribution in [0.4, 0.5) is 5.82 Å². The van der Waals surface area contributed by atoms with E-state index in [0.29, 0.717) is 11.2 Å². The molecule has 2 aliphatic heterocycles. The number of anilines is 1. The molecule has 2 aromatic heterocycles. The number of halogens is 1. The van der Waals surface area contributed by atoms with Crippen LogP contribution < -0.4 is 10.8 Å². The Morgan fingerprint density at radius 3 is 2.91 bits per heavy atom. The molecule has 176 valence electrons. The average molecular weight is 489 g/mol. The minimum absolute atomic E-state index is 0.00396. The summed E-state index contributed by atoms with van der Waals surface area (Å²) in [6.45, 7) is 6.91. The van der Waals surface area contributed by atoms with E-state index in [0.717, 1.165) is 0 Å². The average Bonchev–Trinajstić information content (AvgIpc) is 3.25. The lowest BCUT2D eigenvalue weighted by atomic mass is 10.0. The number of alkyl halides is 1. The first kappa shape index (κ1) is 23.3. The maximum absolute atomic E-state index is 13.2. The molecule has 2 aliphatic rings. The summed E-state index contributed by atoms with van der Waals surface area (Å²) < 4.78 is 37.5. The molecule has 2 fully saturated rings. The molecular formula is C18H26ClN6O6P. The SMILES string of the molecule is CC(C)C(=O)OC[C@H](C)N[P@]1(=O)OC[C@H]2O[C@@H](n3cnc4c(N)ncnc43)[C@](C)(Cl)[C@@H]2O1. The number of ether oxygens (including phenoxy) is 2. The molecule has 32 heavy (non-hydrogen) atoms. The van der Waals surface area contributed by atoms with E-state index >= 15 is 0 Å². The van der Waals surface area contributed by atoms with E-state index in [1.165, 1.54) is 12.7 Å². The molecule has 0 amide bonds. The number of carbonyl (C=O) groups excluding carboxylic acids is 1. The number of nitrogen functional groups attached to an aromatic ring is 1. The van der Waals surface area contributed by atoms with Crippen molar-refractivity contribution in [3.05, 3.63) is 12.7 Å². The molecule has 0 saturated carbocycles. The highest BCUT2D eigenvalue weighted by Gasteiger charge is 2.59. The molecule has 4 heterocycles. The van der Waals surface area contributed by atoms with Gasteiger partial charge in [0, 0.05) is 6.04 Å². The molecule has 0 radical (unpaired) electrons. The second kappa shape index (κ2) is 8.51. The number of nitrogens with zero attached hydrogens (tertiary/aromatic N) is 4. The minimum atomic E-state index is -3.74. The zero-order chi connectivity index (χ0) is 23.3. The van der Waals surface area contributed by atoms with Crippen LogP contribution in [0.1, 0.15) is 33.9 Å². The lowest BCUT2D eigenvalue weighted by Gasteiger charge is -2.36. The van der Waals surface area contributed by atoms with Gasteiger partial charge in [0.1, 0.15) is 35.5 Å². The first-order valence-corrected chi connectivity index (χ1v) is 12.1. The number of rotatable bonds is 6. The van der Waals surface area contributed by atoms with Gasteiger partial charge in [0.05, 0.1) is 18.9 Å². The van der Waals surface area contributed by atoms with E-state index in [1.807, 2.05) is 0 Å². The summed E-state index contributed by atoms with van der Waals surface area (Å²) in [6.07, 6.45) is 0.773. The Kier molecular flexibility index (Phi) is 6.21. The number of aromatic nitrogens is 4. The Hall–Kier alpha value is -1.82. The van der Waals surface area contributed by atoms with E-state index in [2.05, 4.69) is 20.0 Å². The predicted octanol–water partition coefficient (Wildman–Crippen LogP) is 2.00. The number of nitrogens with two attached hydrogens (primary N) is 1. The third kappa shape index (κ3) is 4.23. The number of hydrogen-bond donors (Lipinski definition) is 2. The van der Waals surface area contributed by atoms with Crippen molar-refractivity contribution in [2.24, 2.45) is 5.92 Å². The van der Waals surface area contributed by atoms with Crippen LogP contribution in [-0.4, -0.2) is 61.8 Å².